The molecule has 1 aliphatic rings. The minimum atomic E-state index is 0.575. The van der Waals surface area contributed by atoms with Gasteiger partial charge < -0.3 is 4.74 Å². The molecule has 60 valence electrons. The van der Waals surface area contributed by atoms with E-state index in [1.54, 1.807) is 0 Å². The van der Waals surface area contributed by atoms with Crippen LogP contribution in [0.4, 0.5) is 0 Å². The van der Waals surface area contributed by atoms with Gasteiger partial charge in [0.1, 0.15) is 0 Å². The Labute approximate surface area is 71.3 Å². The van der Waals surface area contributed by atoms with Gasteiger partial charge in [0.15, 0.2) is 0 Å². The second-order valence-corrected chi connectivity index (χ2v) is 3.61. The molecule has 0 spiro atoms. The van der Waals surface area contributed by atoms with E-state index in [1.165, 1.54) is 32.1 Å². The largest absolute Gasteiger partial charge is 0.378 e. The molecule has 0 aromatic rings. The van der Waals surface area contributed by atoms with Crippen LogP contribution in [-0.2, 0) is 4.74 Å². The Hall–Kier alpha value is 0.440. The number of rotatable bonds is 3. The zero-order chi connectivity index (χ0) is 7.23. The molecule has 1 nitrogen and oxygen atoms in total. The molecule has 0 saturated carbocycles. The molecule has 0 aromatic carbocycles. The number of ether oxygens (including phenoxy) is 1. The predicted molar refractivity (Wildman–Crippen MR) is 46.6 cm³/mol. The average Bonchev–Trinajstić information content (AvgIpc) is 2.03. The molecule has 0 N–H and O–H groups in total. The van der Waals surface area contributed by atoms with Gasteiger partial charge in [0.05, 0.1) is 6.10 Å². The highest BCUT2D eigenvalue weighted by molar-refractivity contribution is 9.09. The highest BCUT2D eigenvalue weighted by Crippen LogP contribution is 2.16. The molecule has 2 heteroatoms. The Morgan fingerprint density at radius 3 is 2.90 bits per heavy atom. The van der Waals surface area contributed by atoms with Gasteiger partial charge in [-0.1, -0.05) is 15.9 Å². The van der Waals surface area contributed by atoms with E-state index in [2.05, 4.69) is 15.9 Å². The van der Waals surface area contributed by atoms with Crippen molar-refractivity contribution in [3.63, 3.8) is 0 Å². The van der Waals surface area contributed by atoms with Crippen molar-refractivity contribution in [1.29, 1.82) is 0 Å². The molecule has 0 aromatic heterocycles. The lowest BCUT2D eigenvalue weighted by Gasteiger charge is -2.21. The molecular formula is C8H15BrO. The maximum atomic E-state index is 5.56. The Morgan fingerprint density at radius 2 is 2.30 bits per heavy atom. The van der Waals surface area contributed by atoms with Crippen molar-refractivity contribution in [2.24, 2.45) is 0 Å². The van der Waals surface area contributed by atoms with Crippen molar-refractivity contribution in [1.82, 2.24) is 0 Å². The van der Waals surface area contributed by atoms with Crippen LogP contribution in [0.15, 0.2) is 0 Å². The summed E-state index contributed by atoms with van der Waals surface area (Å²) < 4.78 is 5.56. The van der Waals surface area contributed by atoms with E-state index < -0.39 is 0 Å². The van der Waals surface area contributed by atoms with Crippen LogP contribution in [0.2, 0.25) is 0 Å². The minimum Gasteiger partial charge on any atom is -0.378 e. The van der Waals surface area contributed by atoms with Crippen LogP contribution in [-0.4, -0.2) is 18.0 Å². The molecule has 0 bridgehead atoms. The summed E-state index contributed by atoms with van der Waals surface area (Å²) in [6.07, 6.45) is 6.99. The van der Waals surface area contributed by atoms with Crippen LogP contribution in [0.1, 0.15) is 32.1 Å². The summed E-state index contributed by atoms with van der Waals surface area (Å²) in [6, 6.07) is 0. The van der Waals surface area contributed by atoms with Gasteiger partial charge in [-0.05, 0) is 32.1 Å². The standard InChI is InChI=1S/C8H15BrO/c9-6-3-5-8-4-1-2-7-10-8/h8H,1-7H2/t8-/m0/s1. The van der Waals surface area contributed by atoms with Crippen molar-refractivity contribution < 1.29 is 4.74 Å². The normalized spacial score (nSPS) is 26.7. The fourth-order valence-electron chi connectivity index (χ4n) is 1.34. The van der Waals surface area contributed by atoms with Crippen LogP contribution in [0.5, 0.6) is 0 Å². The Kier molecular flexibility index (Phi) is 4.39. The molecule has 1 atom stereocenters. The zero-order valence-corrected chi connectivity index (χ0v) is 7.90. The van der Waals surface area contributed by atoms with E-state index in [-0.39, 0.29) is 0 Å². The second kappa shape index (κ2) is 5.14. The number of alkyl halides is 1. The van der Waals surface area contributed by atoms with E-state index in [0.717, 1.165) is 11.9 Å². The molecule has 10 heavy (non-hydrogen) atoms. The van der Waals surface area contributed by atoms with Crippen molar-refractivity contribution in [2.45, 2.75) is 38.2 Å². The molecule has 0 aliphatic carbocycles. The topological polar surface area (TPSA) is 9.23 Å². The fraction of sp³-hybridized carbons (Fsp3) is 1.00. The SMILES string of the molecule is BrCCC[C@@H]1CCCCO1. The second-order valence-electron chi connectivity index (χ2n) is 2.82. The summed E-state index contributed by atoms with van der Waals surface area (Å²) in [5.41, 5.74) is 0. The van der Waals surface area contributed by atoms with Crippen LogP contribution in [0.25, 0.3) is 0 Å². The first-order valence-electron chi connectivity index (χ1n) is 4.11. The molecule has 1 saturated heterocycles. The molecule has 1 rings (SSSR count). The lowest BCUT2D eigenvalue weighted by molar-refractivity contribution is 0.0111. The van der Waals surface area contributed by atoms with Gasteiger partial charge in [-0.2, -0.15) is 0 Å². The summed E-state index contributed by atoms with van der Waals surface area (Å²) in [5, 5.41) is 1.12. The smallest absolute Gasteiger partial charge is 0.0575 e. The maximum absolute atomic E-state index is 5.56. The summed E-state index contributed by atoms with van der Waals surface area (Å²) in [5.74, 6) is 0. The lowest BCUT2D eigenvalue weighted by Crippen LogP contribution is -2.18. The number of hydrogen-bond donors (Lipinski definition) is 0. The molecule has 1 heterocycles. The van der Waals surface area contributed by atoms with E-state index in [4.69, 9.17) is 4.74 Å². The molecule has 0 unspecified atom stereocenters. The lowest BCUT2D eigenvalue weighted by atomic mass is 10.1. The summed E-state index contributed by atoms with van der Waals surface area (Å²) in [7, 11) is 0. The number of halogens is 1. The van der Waals surface area contributed by atoms with Gasteiger partial charge >= 0.3 is 0 Å². The Morgan fingerprint density at radius 1 is 1.40 bits per heavy atom. The van der Waals surface area contributed by atoms with Crippen molar-refractivity contribution in [2.75, 3.05) is 11.9 Å². The first-order valence-corrected chi connectivity index (χ1v) is 5.23. The predicted octanol–water partition coefficient (Wildman–Crippen LogP) is 2.73. The van der Waals surface area contributed by atoms with Gasteiger partial charge in [-0.3, -0.25) is 0 Å². The maximum Gasteiger partial charge on any atom is 0.0575 e. The van der Waals surface area contributed by atoms with Gasteiger partial charge in [0.2, 0.25) is 0 Å². The van der Waals surface area contributed by atoms with Crippen molar-refractivity contribution >= 4 is 15.9 Å². The molecule has 1 aliphatic heterocycles. The zero-order valence-electron chi connectivity index (χ0n) is 6.31. The quantitative estimate of drug-likeness (QED) is 0.646. The van der Waals surface area contributed by atoms with Crippen molar-refractivity contribution in [3.05, 3.63) is 0 Å². The minimum absolute atomic E-state index is 0.575. The third-order valence-electron chi connectivity index (χ3n) is 1.93. The third kappa shape index (κ3) is 3.02. The molecule has 0 radical (unpaired) electrons. The summed E-state index contributed by atoms with van der Waals surface area (Å²) in [6.45, 7) is 0.993. The summed E-state index contributed by atoms with van der Waals surface area (Å²) >= 11 is 3.42. The van der Waals surface area contributed by atoms with E-state index in [1.807, 2.05) is 0 Å². The first kappa shape index (κ1) is 8.54. The average molecular weight is 207 g/mol. The van der Waals surface area contributed by atoms with Crippen molar-refractivity contribution in [3.8, 4) is 0 Å². The monoisotopic (exact) mass is 206 g/mol. The van der Waals surface area contributed by atoms with Gasteiger partial charge in [0, 0.05) is 11.9 Å². The Bertz CT molecular complexity index is 79.3. The highest BCUT2D eigenvalue weighted by Gasteiger charge is 2.12. The summed E-state index contributed by atoms with van der Waals surface area (Å²) in [4.78, 5) is 0. The van der Waals surface area contributed by atoms with E-state index in [0.29, 0.717) is 6.10 Å². The van der Waals surface area contributed by atoms with Gasteiger partial charge in [-0.15, -0.1) is 0 Å². The third-order valence-corrected chi connectivity index (χ3v) is 2.49. The number of hydrogen-bond acceptors (Lipinski definition) is 1. The first-order chi connectivity index (χ1) is 4.93. The molecule has 1 fully saturated rings. The van der Waals surface area contributed by atoms with Gasteiger partial charge in [0.25, 0.3) is 0 Å². The van der Waals surface area contributed by atoms with E-state index in [9.17, 15) is 0 Å². The molecular weight excluding hydrogens is 192 g/mol. The van der Waals surface area contributed by atoms with Crippen LogP contribution in [0.3, 0.4) is 0 Å². The van der Waals surface area contributed by atoms with Crippen LogP contribution < -0.4 is 0 Å². The van der Waals surface area contributed by atoms with Crippen LogP contribution in [0, 0.1) is 0 Å². The molecule has 0 amide bonds. The van der Waals surface area contributed by atoms with E-state index >= 15 is 0 Å². The fourth-order valence-corrected chi connectivity index (χ4v) is 1.66. The highest BCUT2D eigenvalue weighted by atomic mass is 79.9. The van der Waals surface area contributed by atoms with Crippen LogP contribution >= 0.6 is 15.9 Å². The van der Waals surface area contributed by atoms with Gasteiger partial charge in [-0.25, -0.2) is 0 Å². The Balaban J connectivity index is 2.02.